The minimum Gasteiger partial charge on any atom is -0.481 e. The van der Waals surface area contributed by atoms with Gasteiger partial charge in [-0.15, -0.1) is 0 Å². The summed E-state index contributed by atoms with van der Waals surface area (Å²) in [5.41, 5.74) is 0.463. The summed E-state index contributed by atoms with van der Waals surface area (Å²) >= 11 is 0. The number of hydrogen-bond acceptors (Lipinski definition) is 4. The lowest BCUT2D eigenvalue weighted by molar-refractivity contribution is -0.174. The number of aliphatic carboxylic acids is 1. The molecule has 0 spiro atoms. The number of carbonyl (C=O) groups excluding carboxylic acids is 1. The monoisotopic (exact) mass is 477 g/mol. The SMILES string of the molecule is CC(CC(=O)O)NC(=O)CC[C@@H](C)[C@H]1CC[C@H]2[C@@H]3[C@@H](O)C[C@@H]4C[C@H](O)CC[C@]4(C)[C@H]3CC[C@]12C. The van der Waals surface area contributed by atoms with Crippen molar-refractivity contribution in [2.45, 2.75) is 117 Å². The molecule has 1 amide bonds. The van der Waals surface area contributed by atoms with E-state index >= 15 is 0 Å². The Bertz CT molecular complexity index is 772. The first-order chi connectivity index (χ1) is 16.0. The molecular formula is C28H47NO5. The first-order valence-electron chi connectivity index (χ1n) is 13.8. The highest BCUT2D eigenvalue weighted by Crippen LogP contribution is 2.68. The van der Waals surface area contributed by atoms with Gasteiger partial charge < -0.3 is 20.6 Å². The average Bonchev–Trinajstić information content (AvgIpc) is 3.10. The average molecular weight is 478 g/mol. The molecule has 4 fully saturated rings. The molecule has 0 aromatic carbocycles. The van der Waals surface area contributed by atoms with Gasteiger partial charge in [0, 0.05) is 12.5 Å². The van der Waals surface area contributed by atoms with Crippen LogP contribution in [0.25, 0.3) is 0 Å². The number of hydrogen-bond donors (Lipinski definition) is 4. The van der Waals surface area contributed by atoms with E-state index in [0.717, 1.165) is 32.1 Å². The molecule has 6 nitrogen and oxygen atoms in total. The fraction of sp³-hybridized carbons (Fsp3) is 0.929. The highest BCUT2D eigenvalue weighted by atomic mass is 16.4. The van der Waals surface area contributed by atoms with Gasteiger partial charge in [-0.25, -0.2) is 0 Å². The molecule has 0 heterocycles. The van der Waals surface area contributed by atoms with E-state index in [-0.39, 0.29) is 41.4 Å². The van der Waals surface area contributed by atoms with Gasteiger partial charge in [-0.1, -0.05) is 20.8 Å². The Morgan fingerprint density at radius 1 is 0.971 bits per heavy atom. The van der Waals surface area contributed by atoms with Crippen LogP contribution in [0.4, 0.5) is 0 Å². The largest absolute Gasteiger partial charge is 0.481 e. The number of amides is 1. The summed E-state index contributed by atoms with van der Waals surface area (Å²) in [7, 11) is 0. The van der Waals surface area contributed by atoms with Crippen molar-refractivity contribution in [2.24, 2.45) is 46.3 Å². The standard InChI is InChI=1S/C28H47NO5/c1-16(5-8-24(32)29-17(2)13-25(33)34)20-6-7-21-26-22(10-12-28(20,21)4)27(3)11-9-19(30)14-18(27)15-23(26)31/h16-23,26,30-31H,5-15H2,1-4H3,(H,29,32)(H,33,34)/t16-,17?,18+,19-,20-,21+,22+,23+,26+,27+,28-/m1/s1. The van der Waals surface area contributed by atoms with E-state index in [4.69, 9.17) is 5.11 Å². The number of fused-ring (bicyclic) bond motifs is 5. The van der Waals surface area contributed by atoms with E-state index in [0.29, 0.717) is 41.9 Å². The lowest BCUT2D eigenvalue weighted by Crippen LogP contribution is -2.58. The number of nitrogens with one attached hydrogen (secondary N) is 1. The zero-order valence-corrected chi connectivity index (χ0v) is 21.6. The second-order valence-electron chi connectivity index (χ2n) is 13.0. The Morgan fingerprint density at radius 2 is 1.65 bits per heavy atom. The van der Waals surface area contributed by atoms with E-state index in [9.17, 15) is 19.8 Å². The van der Waals surface area contributed by atoms with E-state index in [1.54, 1.807) is 6.92 Å². The van der Waals surface area contributed by atoms with Crippen molar-refractivity contribution in [2.75, 3.05) is 0 Å². The molecule has 6 heteroatoms. The summed E-state index contributed by atoms with van der Waals surface area (Å²) < 4.78 is 0. The van der Waals surface area contributed by atoms with Crippen molar-refractivity contribution < 1.29 is 24.9 Å². The smallest absolute Gasteiger partial charge is 0.305 e. The summed E-state index contributed by atoms with van der Waals surface area (Å²) in [6.45, 7) is 8.94. The maximum atomic E-state index is 12.4. The van der Waals surface area contributed by atoms with Crippen LogP contribution in [0, 0.1) is 46.3 Å². The van der Waals surface area contributed by atoms with Crippen LogP contribution >= 0.6 is 0 Å². The van der Waals surface area contributed by atoms with Crippen LogP contribution in [0.1, 0.15) is 98.3 Å². The van der Waals surface area contributed by atoms with Crippen LogP contribution < -0.4 is 5.32 Å². The van der Waals surface area contributed by atoms with Crippen molar-refractivity contribution >= 4 is 11.9 Å². The van der Waals surface area contributed by atoms with Gasteiger partial charge in [0.15, 0.2) is 0 Å². The third-order valence-electron chi connectivity index (χ3n) is 11.1. The van der Waals surface area contributed by atoms with Crippen LogP contribution in [0.5, 0.6) is 0 Å². The number of aliphatic hydroxyl groups excluding tert-OH is 2. The Morgan fingerprint density at radius 3 is 2.35 bits per heavy atom. The summed E-state index contributed by atoms with van der Waals surface area (Å²) in [4.78, 5) is 23.2. The Kier molecular flexibility index (Phi) is 7.42. The highest BCUT2D eigenvalue weighted by molar-refractivity contribution is 5.77. The van der Waals surface area contributed by atoms with E-state index in [1.165, 1.54) is 25.7 Å². The van der Waals surface area contributed by atoms with Crippen LogP contribution in [-0.4, -0.2) is 45.4 Å². The lowest BCUT2D eigenvalue weighted by atomic mass is 9.43. The maximum Gasteiger partial charge on any atom is 0.305 e. The molecule has 0 radical (unpaired) electrons. The second-order valence-corrected chi connectivity index (χ2v) is 13.0. The van der Waals surface area contributed by atoms with E-state index < -0.39 is 5.97 Å². The van der Waals surface area contributed by atoms with Gasteiger partial charge >= 0.3 is 5.97 Å². The molecule has 194 valence electrons. The quantitative estimate of drug-likeness (QED) is 0.436. The molecule has 4 saturated carbocycles. The van der Waals surface area contributed by atoms with Gasteiger partial charge in [0.05, 0.1) is 18.6 Å². The zero-order valence-electron chi connectivity index (χ0n) is 21.6. The molecule has 0 aromatic rings. The molecule has 0 saturated heterocycles. The molecule has 4 aliphatic carbocycles. The van der Waals surface area contributed by atoms with Crippen LogP contribution in [0.15, 0.2) is 0 Å². The number of rotatable bonds is 7. The zero-order chi connectivity index (χ0) is 24.8. The molecule has 4 aliphatic rings. The molecule has 0 aromatic heterocycles. The lowest BCUT2D eigenvalue weighted by Gasteiger charge is -2.62. The predicted molar refractivity (Wildman–Crippen MR) is 131 cm³/mol. The first-order valence-corrected chi connectivity index (χ1v) is 13.8. The Balaban J connectivity index is 1.40. The molecule has 0 aliphatic heterocycles. The highest BCUT2D eigenvalue weighted by Gasteiger charge is 2.62. The fourth-order valence-electron chi connectivity index (χ4n) is 9.40. The number of carboxylic acid groups (broad SMARTS) is 1. The molecule has 1 unspecified atom stereocenters. The molecule has 34 heavy (non-hydrogen) atoms. The van der Waals surface area contributed by atoms with Crippen molar-refractivity contribution in [3.63, 3.8) is 0 Å². The van der Waals surface area contributed by atoms with Gasteiger partial charge in [0.2, 0.25) is 5.91 Å². The van der Waals surface area contributed by atoms with Crippen molar-refractivity contribution in [1.29, 1.82) is 0 Å². The van der Waals surface area contributed by atoms with Gasteiger partial charge in [-0.2, -0.15) is 0 Å². The third-order valence-corrected chi connectivity index (χ3v) is 11.1. The summed E-state index contributed by atoms with van der Waals surface area (Å²) in [5.74, 6) is 1.96. The summed E-state index contributed by atoms with van der Waals surface area (Å²) in [6, 6.07) is -0.345. The fourth-order valence-corrected chi connectivity index (χ4v) is 9.40. The molecule has 4 N–H and O–H groups in total. The van der Waals surface area contributed by atoms with E-state index in [2.05, 4.69) is 26.1 Å². The predicted octanol–water partition coefficient (Wildman–Crippen LogP) is 4.37. The van der Waals surface area contributed by atoms with Crippen molar-refractivity contribution in [3.8, 4) is 0 Å². The number of aliphatic hydroxyl groups is 2. The number of carbonyl (C=O) groups is 2. The Labute approximate surface area is 205 Å². The molecule has 4 rings (SSSR count). The maximum absolute atomic E-state index is 12.4. The number of carboxylic acids is 1. The van der Waals surface area contributed by atoms with Crippen LogP contribution in [0.2, 0.25) is 0 Å². The van der Waals surface area contributed by atoms with Gasteiger partial charge in [0.1, 0.15) is 0 Å². The van der Waals surface area contributed by atoms with Gasteiger partial charge in [-0.05, 0) is 111 Å². The molecule has 0 bridgehead atoms. The van der Waals surface area contributed by atoms with Crippen molar-refractivity contribution in [1.82, 2.24) is 5.32 Å². The minimum atomic E-state index is -0.892. The summed E-state index contributed by atoms with van der Waals surface area (Å²) in [6.07, 6.45) is 9.18. The first kappa shape index (κ1) is 25.9. The molecular weight excluding hydrogens is 430 g/mol. The van der Waals surface area contributed by atoms with E-state index in [1.807, 2.05) is 0 Å². The third kappa shape index (κ3) is 4.66. The minimum absolute atomic E-state index is 0.0483. The Hall–Kier alpha value is -1.14. The van der Waals surface area contributed by atoms with Gasteiger partial charge in [-0.3, -0.25) is 9.59 Å². The molecule has 11 atom stereocenters. The topological polar surface area (TPSA) is 107 Å². The second kappa shape index (κ2) is 9.72. The van der Waals surface area contributed by atoms with Crippen LogP contribution in [0.3, 0.4) is 0 Å². The van der Waals surface area contributed by atoms with Crippen LogP contribution in [-0.2, 0) is 9.59 Å². The van der Waals surface area contributed by atoms with Crippen molar-refractivity contribution in [3.05, 3.63) is 0 Å². The summed E-state index contributed by atoms with van der Waals surface area (Å²) in [5, 5.41) is 33.4. The normalized spacial score (nSPS) is 45.4. The van der Waals surface area contributed by atoms with Gasteiger partial charge in [0.25, 0.3) is 0 Å².